The Balaban J connectivity index is 2.00. The quantitative estimate of drug-likeness (QED) is 0.890. The highest BCUT2D eigenvalue weighted by Crippen LogP contribution is 2.29. The molecule has 1 aromatic rings. The molecule has 4 nitrogen and oxygen atoms in total. The first kappa shape index (κ1) is 15.0. The smallest absolute Gasteiger partial charge is 0.227 e. The van der Waals surface area contributed by atoms with Crippen LogP contribution in [0.15, 0.2) is 22.7 Å². The van der Waals surface area contributed by atoms with Crippen molar-refractivity contribution >= 4 is 27.5 Å². The summed E-state index contributed by atoms with van der Waals surface area (Å²) in [6.45, 7) is 0.708. The zero-order valence-electron chi connectivity index (χ0n) is 11.2. The molecular weight excluding hydrogens is 318 g/mol. The summed E-state index contributed by atoms with van der Waals surface area (Å²) in [5.41, 5.74) is 6.72. The van der Waals surface area contributed by atoms with Gasteiger partial charge in [0.25, 0.3) is 0 Å². The van der Waals surface area contributed by atoms with Gasteiger partial charge in [-0.25, -0.2) is 0 Å². The van der Waals surface area contributed by atoms with Gasteiger partial charge >= 0.3 is 0 Å². The van der Waals surface area contributed by atoms with Gasteiger partial charge in [-0.1, -0.05) is 15.9 Å². The molecule has 20 heavy (non-hydrogen) atoms. The van der Waals surface area contributed by atoms with E-state index in [0.29, 0.717) is 23.7 Å². The van der Waals surface area contributed by atoms with Crippen molar-refractivity contribution in [3.8, 4) is 6.07 Å². The van der Waals surface area contributed by atoms with E-state index in [1.807, 2.05) is 6.07 Å². The molecule has 0 atom stereocenters. The van der Waals surface area contributed by atoms with Gasteiger partial charge in [0.15, 0.2) is 0 Å². The van der Waals surface area contributed by atoms with Crippen LogP contribution in [-0.4, -0.2) is 12.5 Å². The highest BCUT2D eigenvalue weighted by atomic mass is 79.9. The van der Waals surface area contributed by atoms with E-state index in [2.05, 4.69) is 27.3 Å². The molecule has 5 heteroatoms. The van der Waals surface area contributed by atoms with E-state index in [4.69, 9.17) is 11.0 Å². The van der Waals surface area contributed by atoms with Crippen LogP contribution in [0.3, 0.4) is 0 Å². The molecule has 0 saturated heterocycles. The highest BCUT2D eigenvalue weighted by molar-refractivity contribution is 9.10. The standard InChI is InChI=1S/C15H18BrN3O/c16-13-5-6-14(12(7-13)9-18)19-15(20)11-3-1-10(8-17)2-4-11/h5-7,10-11H,1-4,8,17H2,(H,19,20). The van der Waals surface area contributed by atoms with Crippen LogP contribution in [0.1, 0.15) is 31.2 Å². The zero-order chi connectivity index (χ0) is 14.5. The minimum absolute atomic E-state index is 0.0132. The minimum Gasteiger partial charge on any atom is -0.330 e. The summed E-state index contributed by atoms with van der Waals surface area (Å²) in [5, 5.41) is 12.0. The maximum Gasteiger partial charge on any atom is 0.227 e. The van der Waals surface area contributed by atoms with Crippen molar-refractivity contribution in [1.29, 1.82) is 5.26 Å². The molecule has 1 aliphatic rings. The Morgan fingerprint density at radius 2 is 2.10 bits per heavy atom. The first-order valence-electron chi connectivity index (χ1n) is 6.84. The lowest BCUT2D eigenvalue weighted by molar-refractivity contribution is -0.121. The molecule has 0 heterocycles. The first-order valence-corrected chi connectivity index (χ1v) is 7.64. The molecule has 106 valence electrons. The Labute approximate surface area is 127 Å². The summed E-state index contributed by atoms with van der Waals surface area (Å²) in [6.07, 6.45) is 3.79. The lowest BCUT2D eigenvalue weighted by atomic mass is 9.81. The molecule has 0 spiro atoms. The SMILES string of the molecule is N#Cc1cc(Br)ccc1NC(=O)C1CCC(CN)CC1. The van der Waals surface area contributed by atoms with Gasteiger partial charge in [-0.05, 0) is 56.3 Å². The predicted octanol–water partition coefficient (Wildman–Crippen LogP) is 3.02. The minimum atomic E-state index is 0.0132. The fourth-order valence-electron chi connectivity index (χ4n) is 2.61. The first-order chi connectivity index (χ1) is 9.63. The number of amides is 1. The molecule has 1 aliphatic carbocycles. The number of halogens is 1. The van der Waals surface area contributed by atoms with Crippen molar-refractivity contribution in [1.82, 2.24) is 0 Å². The monoisotopic (exact) mass is 335 g/mol. The molecular formula is C15H18BrN3O. The Hall–Kier alpha value is -1.38. The third kappa shape index (κ3) is 3.59. The number of nitrogens with two attached hydrogens (primary N) is 1. The highest BCUT2D eigenvalue weighted by Gasteiger charge is 2.26. The van der Waals surface area contributed by atoms with Gasteiger partial charge in [-0.15, -0.1) is 0 Å². The Morgan fingerprint density at radius 1 is 1.40 bits per heavy atom. The van der Waals surface area contributed by atoms with E-state index >= 15 is 0 Å². The third-order valence-corrected chi connectivity index (χ3v) is 4.40. The number of rotatable bonds is 3. The predicted molar refractivity (Wildman–Crippen MR) is 82.0 cm³/mol. The van der Waals surface area contributed by atoms with E-state index in [-0.39, 0.29) is 11.8 Å². The van der Waals surface area contributed by atoms with Gasteiger partial charge in [-0.3, -0.25) is 4.79 Å². The number of nitriles is 1. The maximum atomic E-state index is 12.3. The Morgan fingerprint density at radius 3 is 2.70 bits per heavy atom. The molecule has 0 unspecified atom stereocenters. The largest absolute Gasteiger partial charge is 0.330 e. The number of nitrogens with zero attached hydrogens (tertiary/aromatic N) is 1. The van der Waals surface area contributed by atoms with Crippen molar-refractivity contribution in [3.63, 3.8) is 0 Å². The van der Waals surface area contributed by atoms with Crippen molar-refractivity contribution in [2.45, 2.75) is 25.7 Å². The number of hydrogen-bond donors (Lipinski definition) is 2. The molecule has 0 aromatic heterocycles. The lowest BCUT2D eigenvalue weighted by Gasteiger charge is -2.26. The summed E-state index contributed by atoms with van der Waals surface area (Å²) in [7, 11) is 0. The van der Waals surface area contributed by atoms with Crippen molar-refractivity contribution in [3.05, 3.63) is 28.2 Å². The van der Waals surface area contributed by atoms with Crippen LogP contribution in [0.5, 0.6) is 0 Å². The van der Waals surface area contributed by atoms with Crippen LogP contribution in [-0.2, 0) is 4.79 Å². The van der Waals surface area contributed by atoms with E-state index in [0.717, 1.165) is 30.2 Å². The van der Waals surface area contributed by atoms with E-state index in [1.165, 1.54) is 0 Å². The van der Waals surface area contributed by atoms with Gasteiger partial charge in [0, 0.05) is 10.4 Å². The summed E-state index contributed by atoms with van der Waals surface area (Å²) in [4.78, 5) is 12.3. The molecule has 2 rings (SSSR count). The van der Waals surface area contributed by atoms with Gasteiger partial charge in [0.1, 0.15) is 6.07 Å². The van der Waals surface area contributed by atoms with Gasteiger partial charge in [0.05, 0.1) is 11.3 Å². The fourth-order valence-corrected chi connectivity index (χ4v) is 2.97. The maximum absolute atomic E-state index is 12.3. The third-order valence-electron chi connectivity index (χ3n) is 3.91. The molecule has 3 N–H and O–H groups in total. The molecule has 1 fully saturated rings. The summed E-state index contributed by atoms with van der Waals surface area (Å²) < 4.78 is 0.829. The van der Waals surface area contributed by atoms with Crippen LogP contribution in [0, 0.1) is 23.2 Å². The summed E-state index contributed by atoms with van der Waals surface area (Å²) >= 11 is 3.32. The Kier molecular flexibility index (Phi) is 5.16. The number of carbonyl (C=O) groups is 1. The zero-order valence-corrected chi connectivity index (χ0v) is 12.8. The molecule has 0 aliphatic heterocycles. The molecule has 1 amide bonds. The lowest BCUT2D eigenvalue weighted by Crippen LogP contribution is -2.29. The molecule has 0 radical (unpaired) electrons. The van der Waals surface area contributed by atoms with Gasteiger partial charge < -0.3 is 11.1 Å². The van der Waals surface area contributed by atoms with Crippen LogP contribution >= 0.6 is 15.9 Å². The number of nitrogens with one attached hydrogen (secondary N) is 1. The van der Waals surface area contributed by atoms with E-state index in [1.54, 1.807) is 12.1 Å². The van der Waals surface area contributed by atoms with Crippen LogP contribution in [0.25, 0.3) is 0 Å². The number of hydrogen-bond acceptors (Lipinski definition) is 3. The average Bonchev–Trinajstić information content (AvgIpc) is 2.49. The van der Waals surface area contributed by atoms with Crippen molar-refractivity contribution in [2.24, 2.45) is 17.6 Å². The Bertz CT molecular complexity index is 530. The van der Waals surface area contributed by atoms with Crippen LogP contribution < -0.4 is 11.1 Å². The van der Waals surface area contributed by atoms with Crippen molar-refractivity contribution < 1.29 is 4.79 Å². The van der Waals surface area contributed by atoms with Gasteiger partial charge in [-0.2, -0.15) is 5.26 Å². The molecule has 1 saturated carbocycles. The summed E-state index contributed by atoms with van der Waals surface area (Å²) in [6, 6.07) is 7.39. The van der Waals surface area contributed by atoms with Crippen molar-refractivity contribution in [2.75, 3.05) is 11.9 Å². The van der Waals surface area contributed by atoms with Gasteiger partial charge in [0.2, 0.25) is 5.91 Å². The average molecular weight is 336 g/mol. The number of anilines is 1. The second-order valence-corrected chi connectivity index (χ2v) is 6.16. The van der Waals surface area contributed by atoms with Crippen LogP contribution in [0.2, 0.25) is 0 Å². The fraction of sp³-hybridized carbons (Fsp3) is 0.467. The normalized spacial score (nSPS) is 22.1. The van der Waals surface area contributed by atoms with E-state index < -0.39 is 0 Å². The number of carbonyl (C=O) groups excluding carboxylic acids is 1. The number of benzene rings is 1. The summed E-state index contributed by atoms with van der Waals surface area (Å²) in [5.74, 6) is 0.605. The topological polar surface area (TPSA) is 78.9 Å². The molecule has 0 bridgehead atoms. The van der Waals surface area contributed by atoms with E-state index in [9.17, 15) is 4.79 Å². The second-order valence-electron chi connectivity index (χ2n) is 5.24. The second kappa shape index (κ2) is 6.87. The van der Waals surface area contributed by atoms with Crippen LogP contribution in [0.4, 0.5) is 5.69 Å². The molecule has 1 aromatic carbocycles.